The van der Waals surface area contributed by atoms with Crippen LogP contribution in [0.2, 0.25) is 0 Å². The fraction of sp³-hybridized carbons (Fsp3) is 0.545. The van der Waals surface area contributed by atoms with E-state index >= 15 is 0 Å². The molecule has 1 unspecified atom stereocenters. The van der Waals surface area contributed by atoms with Crippen molar-refractivity contribution in [2.24, 2.45) is 11.8 Å². The molecular weight excluding hydrogens is 164 g/mol. The van der Waals surface area contributed by atoms with Crippen molar-refractivity contribution in [3.05, 3.63) is 11.6 Å². The predicted octanol–water partition coefficient (Wildman–Crippen LogP) is 2.31. The lowest BCUT2D eigenvalue weighted by Gasteiger charge is -2.10. The van der Waals surface area contributed by atoms with Gasteiger partial charge < -0.3 is 5.11 Å². The van der Waals surface area contributed by atoms with Gasteiger partial charge in [-0.25, -0.2) is 0 Å². The van der Waals surface area contributed by atoms with Gasteiger partial charge in [-0.2, -0.15) is 0 Å². The predicted molar refractivity (Wildman–Crippen MR) is 53.2 cm³/mol. The summed E-state index contributed by atoms with van der Waals surface area (Å²) in [6.07, 6.45) is 7.30. The molecular formula is C11H16O2. The summed E-state index contributed by atoms with van der Waals surface area (Å²) in [5.74, 6) is 1.38. The first-order valence-electron chi connectivity index (χ1n) is 4.33. The second-order valence-electron chi connectivity index (χ2n) is 3.45. The summed E-state index contributed by atoms with van der Waals surface area (Å²) in [4.78, 5) is 10.8. The van der Waals surface area contributed by atoms with Crippen LogP contribution < -0.4 is 0 Å². The summed E-state index contributed by atoms with van der Waals surface area (Å²) in [6.45, 7) is 5.84. The van der Waals surface area contributed by atoms with Crippen LogP contribution >= 0.6 is 0 Å². The van der Waals surface area contributed by atoms with Gasteiger partial charge in [0.15, 0.2) is 0 Å². The van der Waals surface area contributed by atoms with E-state index in [2.05, 4.69) is 5.92 Å². The number of hydrogen-bond acceptors (Lipinski definition) is 1. The van der Waals surface area contributed by atoms with Gasteiger partial charge in [-0.1, -0.05) is 25.5 Å². The molecule has 0 aliphatic heterocycles. The van der Waals surface area contributed by atoms with Gasteiger partial charge >= 0.3 is 5.97 Å². The van der Waals surface area contributed by atoms with Gasteiger partial charge in [0.1, 0.15) is 0 Å². The normalized spacial score (nSPS) is 13.9. The smallest absolute Gasteiger partial charge is 0.311 e. The molecule has 0 aromatic carbocycles. The van der Waals surface area contributed by atoms with E-state index in [0.717, 1.165) is 5.57 Å². The van der Waals surface area contributed by atoms with Crippen LogP contribution in [0.1, 0.15) is 27.2 Å². The first kappa shape index (κ1) is 11.8. The zero-order valence-corrected chi connectivity index (χ0v) is 8.37. The number of carboxylic acids is 1. The highest BCUT2D eigenvalue weighted by molar-refractivity contribution is 5.73. The summed E-state index contributed by atoms with van der Waals surface area (Å²) >= 11 is 0. The van der Waals surface area contributed by atoms with Crippen molar-refractivity contribution in [1.82, 2.24) is 0 Å². The van der Waals surface area contributed by atoms with E-state index in [9.17, 15) is 4.79 Å². The average molecular weight is 180 g/mol. The quantitative estimate of drug-likeness (QED) is 0.532. The number of rotatable bonds is 4. The fourth-order valence-corrected chi connectivity index (χ4v) is 1.20. The molecule has 1 atom stereocenters. The van der Waals surface area contributed by atoms with Crippen molar-refractivity contribution in [3.8, 4) is 12.3 Å². The molecule has 0 spiro atoms. The standard InChI is InChI=1S/C11H16O2/c1-5-6-10(11(12)13)9(4)7-8(2)3/h1,7-8,10H,6H2,2-4H3,(H,12,13). The monoisotopic (exact) mass is 180 g/mol. The lowest BCUT2D eigenvalue weighted by atomic mass is 9.95. The largest absolute Gasteiger partial charge is 0.481 e. The molecule has 0 aliphatic carbocycles. The summed E-state index contributed by atoms with van der Waals surface area (Å²) in [5, 5.41) is 8.85. The SMILES string of the molecule is C#CCC(C(=O)O)C(C)=CC(C)C. The maximum absolute atomic E-state index is 10.8. The first-order chi connectivity index (χ1) is 5.99. The van der Waals surface area contributed by atoms with E-state index in [4.69, 9.17) is 11.5 Å². The van der Waals surface area contributed by atoms with Crippen molar-refractivity contribution in [3.63, 3.8) is 0 Å². The molecule has 0 radical (unpaired) electrons. The molecule has 0 aliphatic rings. The molecule has 1 N–H and O–H groups in total. The van der Waals surface area contributed by atoms with Crippen molar-refractivity contribution >= 4 is 5.97 Å². The number of allylic oxidation sites excluding steroid dienone is 1. The maximum Gasteiger partial charge on any atom is 0.311 e. The zero-order valence-electron chi connectivity index (χ0n) is 8.37. The molecule has 0 saturated heterocycles. The Labute approximate surface area is 79.7 Å². The van der Waals surface area contributed by atoms with Crippen LogP contribution in [-0.2, 0) is 4.79 Å². The third-order valence-electron chi connectivity index (χ3n) is 1.77. The van der Waals surface area contributed by atoms with Crippen LogP contribution in [0.25, 0.3) is 0 Å². The highest BCUT2D eigenvalue weighted by Crippen LogP contribution is 2.16. The molecule has 0 aromatic rings. The van der Waals surface area contributed by atoms with Gasteiger partial charge in [-0.3, -0.25) is 4.79 Å². The minimum atomic E-state index is -0.840. The Morgan fingerprint density at radius 3 is 2.46 bits per heavy atom. The fourth-order valence-electron chi connectivity index (χ4n) is 1.20. The Kier molecular flexibility index (Phi) is 4.91. The number of terminal acetylenes is 1. The third kappa shape index (κ3) is 4.37. The number of carbonyl (C=O) groups is 1. The third-order valence-corrected chi connectivity index (χ3v) is 1.77. The summed E-state index contributed by atoms with van der Waals surface area (Å²) < 4.78 is 0. The highest BCUT2D eigenvalue weighted by atomic mass is 16.4. The van der Waals surface area contributed by atoms with Crippen molar-refractivity contribution < 1.29 is 9.90 Å². The first-order valence-corrected chi connectivity index (χ1v) is 4.33. The van der Waals surface area contributed by atoms with Crippen LogP contribution in [0, 0.1) is 24.2 Å². The molecule has 0 aromatic heterocycles. The number of hydrogen-bond donors (Lipinski definition) is 1. The van der Waals surface area contributed by atoms with Crippen LogP contribution in [0.15, 0.2) is 11.6 Å². The number of aliphatic carboxylic acids is 1. The molecule has 13 heavy (non-hydrogen) atoms. The van der Waals surface area contributed by atoms with Crippen molar-refractivity contribution in [2.75, 3.05) is 0 Å². The summed E-state index contributed by atoms with van der Waals surface area (Å²) in [6, 6.07) is 0. The van der Waals surface area contributed by atoms with E-state index in [1.807, 2.05) is 26.8 Å². The maximum atomic E-state index is 10.8. The molecule has 0 amide bonds. The van der Waals surface area contributed by atoms with Gasteiger partial charge in [-0.05, 0) is 12.8 Å². The number of carboxylic acid groups (broad SMARTS) is 1. The minimum Gasteiger partial charge on any atom is -0.481 e. The second-order valence-corrected chi connectivity index (χ2v) is 3.45. The molecule has 2 nitrogen and oxygen atoms in total. The van der Waals surface area contributed by atoms with Crippen molar-refractivity contribution in [2.45, 2.75) is 27.2 Å². The lowest BCUT2D eigenvalue weighted by Crippen LogP contribution is -2.14. The summed E-state index contributed by atoms with van der Waals surface area (Å²) in [5.41, 5.74) is 0.848. The molecule has 0 rings (SSSR count). The Morgan fingerprint density at radius 2 is 2.15 bits per heavy atom. The van der Waals surface area contributed by atoms with Gasteiger partial charge in [0, 0.05) is 6.42 Å². The van der Waals surface area contributed by atoms with Crippen LogP contribution in [0.4, 0.5) is 0 Å². The summed E-state index contributed by atoms with van der Waals surface area (Å²) in [7, 11) is 0. The van der Waals surface area contributed by atoms with Gasteiger partial charge in [0.05, 0.1) is 5.92 Å². The highest BCUT2D eigenvalue weighted by Gasteiger charge is 2.17. The molecule has 0 heterocycles. The van der Waals surface area contributed by atoms with Crippen LogP contribution in [0.3, 0.4) is 0 Å². The molecule has 0 bridgehead atoms. The van der Waals surface area contributed by atoms with E-state index in [-0.39, 0.29) is 6.42 Å². The topological polar surface area (TPSA) is 37.3 Å². The lowest BCUT2D eigenvalue weighted by molar-refractivity contribution is -0.140. The van der Waals surface area contributed by atoms with Crippen molar-refractivity contribution in [1.29, 1.82) is 0 Å². The van der Waals surface area contributed by atoms with Gasteiger partial charge in [0.25, 0.3) is 0 Å². The van der Waals surface area contributed by atoms with E-state index in [1.54, 1.807) is 0 Å². The minimum absolute atomic E-state index is 0.268. The van der Waals surface area contributed by atoms with Gasteiger partial charge in [0.2, 0.25) is 0 Å². The zero-order chi connectivity index (χ0) is 10.4. The Hall–Kier alpha value is -1.23. The molecule has 72 valence electrons. The van der Waals surface area contributed by atoms with Crippen LogP contribution in [0.5, 0.6) is 0 Å². The second kappa shape index (κ2) is 5.42. The molecule has 0 fully saturated rings. The average Bonchev–Trinajstić information content (AvgIpc) is 1.97. The Morgan fingerprint density at radius 1 is 1.62 bits per heavy atom. The van der Waals surface area contributed by atoms with Gasteiger partial charge in [-0.15, -0.1) is 12.3 Å². The van der Waals surface area contributed by atoms with Crippen LogP contribution in [-0.4, -0.2) is 11.1 Å². The molecule has 2 heteroatoms. The van der Waals surface area contributed by atoms with E-state index < -0.39 is 11.9 Å². The van der Waals surface area contributed by atoms with E-state index in [1.165, 1.54) is 0 Å². The Bertz CT molecular complexity index is 243. The van der Waals surface area contributed by atoms with E-state index in [0.29, 0.717) is 5.92 Å². The molecule has 0 saturated carbocycles. The Balaban J connectivity index is 4.56.